The lowest BCUT2D eigenvalue weighted by atomic mass is 10.0. The second kappa shape index (κ2) is 6.29. The molecule has 1 aliphatic heterocycles. The zero-order chi connectivity index (χ0) is 16.4. The minimum absolute atomic E-state index is 0.343. The third-order valence-electron chi connectivity index (χ3n) is 4.22. The van der Waals surface area contributed by atoms with Crippen LogP contribution in [0.15, 0.2) is 24.3 Å². The highest BCUT2D eigenvalue weighted by Gasteiger charge is 2.27. The van der Waals surface area contributed by atoms with Gasteiger partial charge < -0.3 is 9.64 Å². The summed E-state index contributed by atoms with van der Waals surface area (Å²) in [6, 6.07) is 7.93. The average molecular weight is 315 g/mol. The van der Waals surface area contributed by atoms with Crippen molar-refractivity contribution in [3.8, 4) is 5.75 Å². The molecule has 3 N–H and O–H groups in total. The number of nitrogens with one attached hydrogen (secondary N) is 1. The fraction of sp³-hybridized carbons (Fsp3) is 0.375. The van der Waals surface area contributed by atoms with Crippen LogP contribution in [0.3, 0.4) is 0 Å². The molecule has 122 valence electrons. The van der Waals surface area contributed by atoms with Crippen LogP contribution in [0.4, 0.5) is 5.69 Å². The smallest absolute Gasteiger partial charge is 0.286 e. The third-order valence-corrected chi connectivity index (χ3v) is 4.22. The van der Waals surface area contributed by atoms with E-state index >= 15 is 0 Å². The van der Waals surface area contributed by atoms with Crippen LogP contribution in [0, 0.1) is 0 Å². The number of carbonyl (C=O) groups excluding carboxylic acids is 1. The zero-order valence-electron chi connectivity index (χ0n) is 13.4. The zero-order valence-corrected chi connectivity index (χ0v) is 13.4. The van der Waals surface area contributed by atoms with Gasteiger partial charge in [0.25, 0.3) is 5.91 Å². The summed E-state index contributed by atoms with van der Waals surface area (Å²) < 4.78 is 7.09. The van der Waals surface area contributed by atoms with Crippen LogP contribution < -0.4 is 20.9 Å². The van der Waals surface area contributed by atoms with Crippen molar-refractivity contribution in [1.82, 2.24) is 15.2 Å². The van der Waals surface area contributed by atoms with E-state index in [-0.39, 0.29) is 5.91 Å². The molecule has 0 saturated carbocycles. The van der Waals surface area contributed by atoms with Crippen molar-refractivity contribution in [1.29, 1.82) is 0 Å². The molecule has 0 saturated heterocycles. The number of nitrogens with two attached hydrogens (primary N) is 1. The van der Waals surface area contributed by atoms with Gasteiger partial charge in [-0.25, -0.2) is 5.84 Å². The lowest BCUT2D eigenvalue weighted by molar-refractivity contribution is 0.0947. The van der Waals surface area contributed by atoms with Gasteiger partial charge >= 0.3 is 0 Å². The van der Waals surface area contributed by atoms with E-state index < -0.39 is 0 Å². The summed E-state index contributed by atoms with van der Waals surface area (Å²) in [4.78, 5) is 14.2. The number of benzene rings is 1. The van der Waals surface area contributed by atoms with E-state index in [1.54, 1.807) is 7.11 Å². The first-order valence-electron chi connectivity index (χ1n) is 7.66. The predicted octanol–water partition coefficient (Wildman–Crippen LogP) is 1.08. The molecule has 7 heteroatoms. The van der Waals surface area contributed by atoms with E-state index in [4.69, 9.17) is 10.6 Å². The van der Waals surface area contributed by atoms with Crippen molar-refractivity contribution in [2.24, 2.45) is 5.84 Å². The van der Waals surface area contributed by atoms with E-state index in [2.05, 4.69) is 15.4 Å². The van der Waals surface area contributed by atoms with Crippen LogP contribution in [-0.4, -0.2) is 29.3 Å². The number of aromatic nitrogens is 2. The molecule has 1 aromatic carbocycles. The summed E-state index contributed by atoms with van der Waals surface area (Å²) in [7, 11) is 1.65. The van der Waals surface area contributed by atoms with Crippen LogP contribution in [0.2, 0.25) is 0 Å². The first-order chi connectivity index (χ1) is 11.2. The minimum Gasteiger partial charge on any atom is -0.497 e. The Balaban J connectivity index is 1.92. The molecule has 3 rings (SSSR count). The summed E-state index contributed by atoms with van der Waals surface area (Å²) in [5, 5.41) is 4.41. The first-order valence-corrected chi connectivity index (χ1v) is 7.66. The van der Waals surface area contributed by atoms with Gasteiger partial charge in [0, 0.05) is 43.0 Å². The Morgan fingerprint density at radius 3 is 2.74 bits per heavy atom. The molecule has 0 bridgehead atoms. The molecule has 0 aliphatic carbocycles. The molecule has 1 aromatic heterocycles. The molecular formula is C16H21N5O2. The maximum Gasteiger partial charge on any atom is 0.286 e. The van der Waals surface area contributed by atoms with Crippen molar-refractivity contribution in [2.45, 2.75) is 26.4 Å². The number of fused-ring (bicyclic) bond motifs is 1. The van der Waals surface area contributed by atoms with Crippen molar-refractivity contribution < 1.29 is 9.53 Å². The largest absolute Gasteiger partial charge is 0.497 e. The number of carbonyl (C=O) groups is 1. The standard InChI is InChI=1S/C16H21N5O2/c1-3-21-14-8-9-20(11-4-6-12(23-2)7-5-11)10-13(14)15(19-21)16(22)18-17/h4-7H,3,8-10,17H2,1-2H3,(H,18,22). The second-order valence-corrected chi connectivity index (χ2v) is 5.43. The van der Waals surface area contributed by atoms with Gasteiger partial charge in [0.05, 0.1) is 7.11 Å². The maximum atomic E-state index is 12.0. The summed E-state index contributed by atoms with van der Waals surface area (Å²) in [6.07, 6.45) is 0.847. The topological polar surface area (TPSA) is 85.4 Å². The number of nitrogen functional groups attached to an aromatic ring is 1. The molecule has 0 fully saturated rings. The highest BCUT2D eigenvalue weighted by Crippen LogP contribution is 2.28. The molecule has 2 aromatic rings. The second-order valence-electron chi connectivity index (χ2n) is 5.43. The molecule has 0 atom stereocenters. The lowest BCUT2D eigenvalue weighted by Crippen LogP contribution is -2.34. The van der Waals surface area contributed by atoms with Crippen molar-refractivity contribution >= 4 is 11.6 Å². The van der Waals surface area contributed by atoms with E-state index in [1.807, 2.05) is 35.9 Å². The molecule has 23 heavy (non-hydrogen) atoms. The summed E-state index contributed by atoms with van der Waals surface area (Å²) in [5.74, 6) is 5.77. The van der Waals surface area contributed by atoms with Gasteiger partial charge in [0.15, 0.2) is 5.69 Å². The van der Waals surface area contributed by atoms with E-state index in [0.717, 1.165) is 42.2 Å². The number of methoxy groups -OCH3 is 1. The number of hydrogen-bond acceptors (Lipinski definition) is 5. The Hall–Kier alpha value is -2.54. The van der Waals surface area contributed by atoms with Gasteiger partial charge in [-0.05, 0) is 31.2 Å². The molecule has 0 spiro atoms. The number of nitrogens with zero attached hydrogens (tertiary/aromatic N) is 3. The molecule has 1 aliphatic rings. The first kappa shape index (κ1) is 15.4. The van der Waals surface area contributed by atoms with Crippen LogP contribution in [0.25, 0.3) is 0 Å². The van der Waals surface area contributed by atoms with Crippen LogP contribution in [-0.2, 0) is 19.5 Å². The number of anilines is 1. The summed E-state index contributed by atoms with van der Waals surface area (Å²) >= 11 is 0. The number of hydrazine groups is 1. The molecule has 7 nitrogen and oxygen atoms in total. The molecule has 0 radical (unpaired) electrons. The molecule has 0 unspecified atom stereocenters. The fourth-order valence-corrected chi connectivity index (χ4v) is 3.02. The van der Waals surface area contributed by atoms with Crippen LogP contribution in [0.5, 0.6) is 5.75 Å². The molecular weight excluding hydrogens is 294 g/mol. The average Bonchev–Trinajstić information content (AvgIpc) is 2.99. The highest BCUT2D eigenvalue weighted by molar-refractivity contribution is 5.93. The predicted molar refractivity (Wildman–Crippen MR) is 87.3 cm³/mol. The minimum atomic E-state index is -0.343. The number of amides is 1. The Morgan fingerprint density at radius 1 is 1.39 bits per heavy atom. The Labute approximate surface area is 135 Å². The van der Waals surface area contributed by atoms with E-state index in [9.17, 15) is 4.79 Å². The normalized spacial score (nSPS) is 13.6. The number of hydrogen-bond donors (Lipinski definition) is 2. The van der Waals surface area contributed by atoms with Gasteiger partial charge in [-0.2, -0.15) is 5.10 Å². The molecule has 1 amide bonds. The van der Waals surface area contributed by atoms with Gasteiger partial charge in [0.2, 0.25) is 0 Å². The quantitative estimate of drug-likeness (QED) is 0.501. The Morgan fingerprint density at radius 2 is 2.13 bits per heavy atom. The van der Waals surface area contributed by atoms with Crippen molar-refractivity contribution in [3.63, 3.8) is 0 Å². The van der Waals surface area contributed by atoms with Crippen LogP contribution >= 0.6 is 0 Å². The van der Waals surface area contributed by atoms with Crippen molar-refractivity contribution in [2.75, 3.05) is 18.6 Å². The fourth-order valence-electron chi connectivity index (χ4n) is 3.02. The van der Waals surface area contributed by atoms with Crippen molar-refractivity contribution in [3.05, 3.63) is 41.2 Å². The Bertz CT molecular complexity index is 708. The molecule has 2 heterocycles. The monoisotopic (exact) mass is 315 g/mol. The highest BCUT2D eigenvalue weighted by atomic mass is 16.5. The summed E-state index contributed by atoms with van der Waals surface area (Å²) in [5.41, 5.74) is 5.78. The lowest BCUT2D eigenvalue weighted by Gasteiger charge is -2.29. The number of aryl methyl sites for hydroxylation is 1. The summed E-state index contributed by atoms with van der Waals surface area (Å²) in [6.45, 7) is 4.29. The van der Waals surface area contributed by atoms with Gasteiger partial charge in [0.1, 0.15) is 5.75 Å². The van der Waals surface area contributed by atoms with Gasteiger partial charge in [-0.1, -0.05) is 0 Å². The van der Waals surface area contributed by atoms with Crippen LogP contribution in [0.1, 0.15) is 28.7 Å². The SMILES string of the molecule is CCn1nc(C(=O)NN)c2c1CCN(c1ccc(OC)cc1)C2. The third kappa shape index (κ3) is 2.75. The maximum absolute atomic E-state index is 12.0. The van der Waals surface area contributed by atoms with E-state index in [0.29, 0.717) is 12.2 Å². The van der Waals surface area contributed by atoms with E-state index in [1.165, 1.54) is 0 Å². The van der Waals surface area contributed by atoms with Gasteiger partial charge in [-0.3, -0.25) is 14.9 Å². The number of rotatable bonds is 4. The Kier molecular flexibility index (Phi) is 4.20. The number of ether oxygens (including phenoxy) is 1. The van der Waals surface area contributed by atoms with Gasteiger partial charge in [-0.15, -0.1) is 0 Å².